The third kappa shape index (κ3) is 4.50. The van der Waals surface area contributed by atoms with Gasteiger partial charge in [-0.15, -0.1) is 0 Å². The number of ether oxygens (including phenoxy) is 2. The molecule has 0 atom stereocenters. The Balaban J connectivity index is 1.80. The molecular formula is C20H12BrClO4. The van der Waals surface area contributed by atoms with Crippen LogP contribution in [0.5, 0.6) is 11.5 Å². The Morgan fingerprint density at radius 3 is 1.58 bits per heavy atom. The lowest BCUT2D eigenvalue weighted by atomic mass is 10.1. The number of benzene rings is 3. The quantitative estimate of drug-likeness (QED) is 0.402. The normalized spacial score (nSPS) is 10.2. The summed E-state index contributed by atoms with van der Waals surface area (Å²) in [6.45, 7) is 0. The fourth-order valence-electron chi connectivity index (χ4n) is 2.17. The van der Waals surface area contributed by atoms with Crippen molar-refractivity contribution in [3.63, 3.8) is 0 Å². The summed E-state index contributed by atoms with van der Waals surface area (Å²) in [5, 5.41) is 0.531. The van der Waals surface area contributed by atoms with Gasteiger partial charge in [-0.2, -0.15) is 0 Å². The Labute approximate surface area is 163 Å². The van der Waals surface area contributed by atoms with Crippen LogP contribution >= 0.6 is 27.5 Å². The standard InChI is InChI=1S/C20H12BrClO4/c21-13-5-9-15(10-6-13)25-19(23)17-3-1-2-4-18(17)20(24)26-16-11-7-14(22)8-12-16/h1-12H. The molecule has 4 nitrogen and oxygen atoms in total. The first kappa shape index (κ1) is 18.2. The largest absolute Gasteiger partial charge is 0.423 e. The van der Waals surface area contributed by atoms with E-state index < -0.39 is 11.9 Å². The first-order valence-corrected chi connectivity index (χ1v) is 8.74. The van der Waals surface area contributed by atoms with E-state index >= 15 is 0 Å². The highest BCUT2D eigenvalue weighted by Gasteiger charge is 2.20. The molecule has 0 fully saturated rings. The van der Waals surface area contributed by atoms with E-state index in [1.54, 1.807) is 60.7 Å². The van der Waals surface area contributed by atoms with E-state index in [4.69, 9.17) is 21.1 Å². The molecule has 0 unspecified atom stereocenters. The molecule has 3 rings (SSSR count). The summed E-state index contributed by atoms with van der Waals surface area (Å²) >= 11 is 9.13. The maximum Gasteiger partial charge on any atom is 0.344 e. The lowest BCUT2D eigenvalue weighted by Gasteiger charge is -2.09. The lowest BCUT2D eigenvalue weighted by molar-refractivity contribution is 0.0692. The van der Waals surface area contributed by atoms with E-state index in [1.165, 1.54) is 12.1 Å². The first-order valence-electron chi connectivity index (χ1n) is 7.57. The monoisotopic (exact) mass is 430 g/mol. The van der Waals surface area contributed by atoms with Crippen molar-refractivity contribution in [1.82, 2.24) is 0 Å². The van der Waals surface area contributed by atoms with Crippen LogP contribution in [0.1, 0.15) is 20.7 Å². The number of carbonyl (C=O) groups excluding carboxylic acids is 2. The summed E-state index contributed by atoms with van der Waals surface area (Å²) < 4.78 is 11.5. The summed E-state index contributed by atoms with van der Waals surface area (Å²) in [7, 11) is 0. The van der Waals surface area contributed by atoms with Crippen LogP contribution < -0.4 is 9.47 Å². The van der Waals surface area contributed by atoms with Crippen LogP contribution in [0.25, 0.3) is 0 Å². The Morgan fingerprint density at radius 2 is 1.12 bits per heavy atom. The molecule has 0 heterocycles. The molecule has 6 heteroatoms. The molecule has 0 aliphatic heterocycles. The van der Waals surface area contributed by atoms with Crippen molar-refractivity contribution in [2.45, 2.75) is 0 Å². The van der Waals surface area contributed by atoms with E-state index in [1.807, 2.05) is 0 Å². The number of hydrogen-bond acceptors (Lipinski definition) is 4. The first-order chi connectivity index (χ1) is 12.5. The molecular weight excluding hydrogens is 420 g/mol. The summed E-state index contributed by atoms with van der Waals surface area (Å²) in [4.78, 5) is 24.9. The Hall–Kier alpha value is -2.63. The number of carbonyl (C=O) groups is 2. The minimum atomic E-state index is -0.657. The number of esters is 2. The van der Waals surface area contributed by atoms with Crippen molar-refractivity contribution >= 4 is 39.5 Å². The van der Waals surface area contributed by atoms with Gasteiger partial charge >= 0.3 is 11.9 Å². The predicted octanol–water partition coefficient (Wildman–Crippen LogP) is 5.54. The van der Waals surface area contributed by atoms with Crippen molar-refractivity contribution in [2.24, 2.45) is 0 Å². The van der Waals surface area contributed by atoms with Gasteiger partial charge in [0.2, 0.25) is 0 Å². The average Bonchev–Trinajstić information content (AvgIpc) is 2.65. The van der Waals surface area contributed by atoms with Crippen LogP contribution in [0.15, 0.2) is 77.3 Å². The number of hydrogen-bond donors (Lipinski definition) is 0. The molecule has 3 aromatic rings. The van der Waals surface area contributed by atoms with Gasteiger partial charge in [0.05, 0.1) is 11.1 Å². The van der Waals surface area contributed by atoms with Crippen LogP contribution in [0.4, 0.5) is 0 Å². The van der Waals surface area contributed by atoms with Crippen molar-refractivity contribution in [3.8, 4) is 11.5 Å². The van der Waals surface area contributed by atoms with Gasteiger partial charge < -0.3 is 9.47 Å². The summed E-state index contributed by atoms with van der Waals surface area (Å²) in [5.74, 6) is -0.596. The highest BCUT2D eigenvalue weighted by atomic mass is 79.9. The molecule has 0 amide bonds. The predicted molar refractivity (Wildman–Crippen MR) is 102 cm³/mol. The second kappa shape index (κ2) is 8.17. The summed E-state index contributed by atoms with van der Waals surface area (Å²) in [5.41, 5.74) is 0.235. The molecule has 0 aliphatic carbocycles. The number of rotatable bonds is 4. The zero-order valence-electron chi connectivity index (χ0n) is 13.3. The second-order valence-corrected chi connectivity index (χ2v) is 6.58. The molecule has 26 heavy (non-hydrogen) atoms. The van der Waals surface area contributed by atoms with Crippen LogP contribution in [0.2, 0.25) is 5.02 Å². The highest BCUT2D eigenvalue weighted by molar-refractivity contribution is 9.10. The van der Waals surface area contributed by atoms with Gasteiger partial charge in [0, 0.05) is 9.50 Å². The number of halogens is 2. The minimum absolute atomic E-state index is 0.115. The van der Waals surface area contributed by atoms with E-state index in [9.17, 15) is 9.59 Å². The SMILES string of the molecule is O=C(Oc1ccc(Cl)cc1)c1ccccc1C(=O)Oc1ccc(Br)cc1. The Morgan fingerprint density at radius 1 is 0.692 bits per heavy atom. The van der Waals surface area contributed by atoms with Crippen LogP contribution in [0.3, 0.4) is 0 Å². The van der Waals surface area contributed by atoms with Crippen molar-refractivity contribution in [2.75, 3.05) is 0 Å². The smallest absolute Gasteiger partial charge is 0.344 e. The molecule has 0 saturated carbocycles. The molecule has 3 aromatic carbocycles. The lowest BCUT2D eigenvalue weighted by Crippen LogP contribution is -2.17. The minimum Gasteiger partial charge on any atom is -0.423 e. The summed E-state index contributed by atoms with van der Waals surface area (Å²) in [6.07, 6.45) is 0. The van der Waals surface area contributed by atoms with Gasteiger partial charge in [-0.25, -0.2) is 9.59 Å². The van der Waals surface area contributed by atoms with Gasteiger partial charge in [-0.3, -0.25) is 0 Å². The summed E-state index contributed by atoms with van der Waals surface area (Å²) in [6, 6.07) is 19.5. The van der Waals surface area contributed by atoms with Gasteiger partial charge in [0.1, 0.15) is 11.5 Å². The van der Waals surface area contributed by atoms with Crippen LogP contribution in [-0.4, -0.2) is 11.9 Å². The molecule has 130 valence electrons. The molecule has 0 N–H and O–H groups in total. The van der Waals surface area contributed by atoms with E-state index in [0.717, 1.165) is 4.47 Å². The molecule has 0 radical (unpaired) electrons. The maximum atomic E-state index is 12.5. The molecule has 0 saturated heterocycles. The zero-order valence-corrected chi connectivity index (χ0v) is 15.7. The van der Waals surface area contributed by atoms with Gasteiger partial charge in [0.25, 0.3) is 0 Å². The zero-order chi connectivity index (χ0) is 18.5. The maximum absolute atomic E-state index is 12.5. The Bertz CT molecular complexity index is 858. The third-order valence-electron chi connectivity index (χ3n) is 3.42. The average molecular weight is 432 g/mol. The van der Waals surface area contributed by atoms with Crippen molar-refractivity contribution < 1.29 is 19.1 Å². The van der Waals surface area contributed by atoms with Crippen molar-refractivity contribution in [1.29, 1.82) is 0 Å². The molecule has 0 bridgehead atoms. The Kier molecular flexibility index (Phi) is 5.71. The highest BCUT2D eigenvalue weighted by Crippen LogP contribution is 2.21. The molecule has 0 spiro atoms. The topological polar surface area (TPSA) is 52.6 Å². The van der Waals surface area contributed by atoms with Crippen molar-refractivity contribution in [3.05, 3.63) is 93.4 Å². The van der Waals surface area contributed by atoms with Gasteiger partial charge in [-0.1, -0.05) is 39.7 Å². The molecule has 0 aromatic heterocycles. The van der Waals surface area contributed by atoms with E-state index in [-0.39, 0.29) is 11.1 Å². The molecule has 0 aliphatic rings. The van der Waals surface area contributed by atoms with Gasteiger partial charge in [-0.05, 0) is 60.7 Å². The second-order valence-electron chi connectivity index (χ2n) is 5.23. The fourth-order valence-corrected chi connectivity index (χ4v) is 2.56. The van der Waals surface area contributed by atoms with Crippen LogP contribution in [-0.2, 0) is 0 Å². The van der Waals surface area contributed by atoms with E-state index in [0.29, 0.717) is 16.5 Å². The third-order valence-corrected chi connectivity index (χ3v) is 4.20. The fraction of sp³-hybridized carbons (Fsp3) is 0. The van der Waals surface area contributed by atoms with Crippen LogP contribution in [0, 0.1) is 0 Å². The van der Waals surface area contributed by atoms with Gasteiger partial charge in [0.15, 0.2) is 0 Å². The van der Waals surface area contributed by atoms with E-state index in [2.05, 4.69) is 15.9 Å².